The summed E-state index contributed by atoms with van der Waals surface area (Å²) >= 11 is 0. The third-order valence-corrected chi connectivity index (χ3v) is 7.60. The zero-order valence-corrected chi connectivity index (χ0v) is 14.5. The van der Waals surface area contributed by atoms with Gasteiger partial charge < -0.3 is 5.32 Å². The molecule has 0 aliphatic heterocycles. The molecule has 1 atom stereocenters. The summed E-state index contributed by atoms with van der Waals surface area (Å²) in [5.41, 5.74) is 2.57. The summed E-state index contributed by atoms with van der Waals surface area (Å²) in [5, 5.41) is 3.63. The Bertz CT molecular complexity index is 611. The van der Waals surface area contributed by atoms with E-state index >= 15 is 0 Å². The van der Waals surface area contributed by atoms with Gasteiger partial charge in [0.2, 0.25) is 0 Å². The normalized spacial score (nSPS) is 22.6. The van der Waals surface area contributed by atoms with Gasteiger partial charge in [0.05, 0.1) is 4.75 Å². The first-order chi connectivity index (χ1) is 10.4. The summed E-state index contributed by atoms with van der Waals surface area (Å²) in [5.74, 6) is 0.667. The molecule has 0 amide bonds. The van der Waals surface area contributed by atoms with Crippen molar-refractivity contribution in [3.63, 3.8) is 0 Å². The van der Waals surface area contributed by atoms with E-state index in [0.29, 0.717) is 18.5 Å². The van der Waals surface area contributed by atoms with Crippen molar-refractivity contribution in [1.82, 2.24) is 5.32 Å². The molecule has 0 aromatic heterocycles. The molecule has 1 unspecified atom stereocenters. The van der Waals surface area contributed by atoms with E-state index in [4.69, 9.17) is 0 Å². The first kappa shape index (κ1) is 16.0. The van der Waals surface area contributed by atoms with Crippen molar-refractivity contribution < 1.29 is 8.42 Å². The van der Waals surface area contributed by atoms with Gasteiger partial charge in [0, 0.05) is 18.8 Å². The van der Waals surface area contributed by atoms with Gasteiger partial charge >= 0.3 is 0 Å². The fourth-order valence-corrected chi connectivity index (χ4v) is 5.13. The number of aryl methyl sites for hydroxylation is 1. The van der Waals surface area contributed by atoms with Crippen LogP contribution in [-0.2, 0) is 9.84 Å². The predicted octanol–water partition coefficient (Wildman–Crippen LogP) is 3.39. The number of hydrogen-bond acceptors (Lipinski definition) is 3. The lowest BCUT2D eigenvalue weighted by Gasteiger charge is -2.30. The first-order valence-corrected chi connectivity index (χ1v) is 10.3. The Labute approximate surface area is 134 Å². The second-order valence-corrected chi connectivity index (χ2v) is 9.68. The van der Waals surface area contributed by atoms with Crippen LogP contribution in [0.25, 0.3) is 0 Å². The topological polar surface area (TPSA) is 46.2 Å². The zero-order valence-electron chi connectivity index (χ0n) is 13.6. The Morgan fingerprint density at radius 3 is 2.27 bits per heavy atom. The molecule has 2 fully saturated rings. The van der Waals surface area contributed by atoms with E-state index in [9.17, 15) is 8.42 Å². The second-order valence-electron chi connectivity index (χ2n) is 7.27. The van der Waals surface area contributed by atoms with Crippen molar-refractivity contribution in [3.8, 4) is 0 Å². The van der Waals surface area contributed by atoms with Crippen molar-refractivity contribution >= 4 is 9.84 Å². The van der Waals surface area contributed by atoms with Gasteiger partial charge in [0.1, 0.15) is 0 Å². The number of rotatable bonds is 6. The second kappa shape index (κ2) is 5.97. The molecule has 1 N–H and O–H groups in total. The molecular weight excluding hydrogens is 294 g/mol. The zero-order chi connectivity index (χ0) is 15.8. The molecule has 2 aliphatic carbocycles. The molecular formula is C18H27NO2S. The van der Waals surface area contributed by atoms with Crippen molar-refractivity contribution in [3.05, 3.63) is 35.4 Å². The lowest BCUT2D eigenvalue weighted by molar-refractivity contribution is 0.417. The molecule has 0 radical (unpaired) electrons. The maximum Gasteiger partial charge on any atom is 0.154 e. The first-order valence-electron chi connectivity index (χ1n) is 8.41. The van der Waals surface area contributed by atoms with Crippen LogP contribution in [0, 0.1) is 12.8 Å². The Balaban J connectivity index is 1.76. The molecule has 3 rings (SSSR count). The minimum Gasteiger partial charge on any atom is -0.308 e. The Morgan fingerprint density at radius 2 is 1.77 bits per heavy atom. The molecule has 0 heterocycles. The van der Waals surface area contributed by atoms with Gasteiger partial charge in [-0.1, -0.05) is 42.7 Å². The number of nitrogens with one attached hydrogen (secondary N) is 1. The van der Waals surface area contributed by atoms with Crippen LogP contribution in [0.3, 0.4) is 0 Å². The number of sulfone groups is 1. The number of benzene rings is 1. The lowest BCUT2D eigenvalue weighted by atomic mass is 9.99. The number of hydrogen-bond donors (Lipinski definition) is 1. The molecule has 0 spiro atoms. The molecule has 2 aliphatic rings. The third kappa shape index (κ3) is 3.23. The highest BCUT2D eigenvalue weighted by Crippen LogP contribution is 2.42. The van der Waals surface area contributed by atoms with Gasteiger partial charge in [0.15, 0.2) is 9.84 Å². The summed E-state index contributed by atoms with van der Waals surface area (Å²) in [6.45, 7) is 2.70. The predicted molar refractivity (Wildman–Crippen MR) is 90.7 cm³/mol. The Kier molecular flexibility index (Phi) is 4.34. The van der Waals surface area contributed by atoms with Crippen LogP contribution in [0.15, 0.2) is 24.3 Å². The van der Waals surface area contributed by atoms with Gasteiger partial charge in [-0.3, -0.25) is 0 Å². The molecule has 0 saturated heterocycles. The van der Waals surface area contributed by atoms with E-state index in [1.54, 1.807) is 0 Å². The van der Waals surface area contributed by atoms with Gasteiger partial charge in [-0.05, 0) is 44.1 Å². The minimum atomic E-state index is -3.02. The van der Waals surface area contributed by atoms with Gasteiger partial charge in [-0.25, -0.2) is 8.42 Å². The Hall–Kier alpha value is -0.870. The molecule has 122 valence electrons. The van der Waals surface area contributed by atoms with E-state index in [2.05, 4.69) is 36.5 Å². The summed E-state index contributed by atoms with van der Waals surface area (Å²) in [6.07, 6.45) is 7.60. The summed E-state index contributed by atoms with van der Waals surface area (Å²) in [7, 11) is -3.02. The van der Waals surface area contributed by atoms with E-state index in [0.717, 1.165) is 25.7 Å². The average molecular weight is 321 g/mol. The largest absolute Gasteiger partial charge is 0.308 e. The van der Waals surface area contributed by atoms with Crippen LogP contribution >= 0.6 is 0 Å². The van der Waals surface area contributed by atoms with E-state index in [1.165, 1.54) is 30.2 Å². The third-order valence-electron chi connectivity index (χ3n) is 5.48. The van der Waals surface area contributed by atoms with Crippen molar-refractivity contribution in [1.29, 1.82) is 0 Å². The summed E-state index contributed by atoms with van der Waals surface area (Å²) in [4.78, 5) is 0. The van der Waals surface area contributed by atoms with Crippen molar-refractivity contribution in [2.24, 2.45) is 5.92 Å². The minimum absolute atomic E-state index is 0.305. The highest BCUT2D eigenvalue weighted by molar-refractivity contribution is 7.92. The monoisotopic (exact) mass is 321 g/mol. The van der Waals surface area contributed by atoms with E-state index in [1.807, 2.05) is 0 Å². The molecule has 22 heavy (non-hydrogen) atoms. The molecule has 4 heteroatoms. The summed E-state index contributed by atoms with van der Waals surface area (Å²) < 4.78 is 24.1. The lowest BCUT2D eigenvalue weighted by Crippen LogP contribution is -2.46. The molecule has 1 aromatic rings. The maximum absolute atomic E-state index is 12.3. The summed E-state index contributed by atoms with van der Waals surface area (Å²) in [6, 6.07) is 8.97. The van der Waals surface area contributed by atoms with Crippen LogP contribution in [0.1, 0.15) is 55.7 Å². The Morgan fingerprint density at radius 1 is 1.18 bits per heavy atom. The maximum atomic E-state index is 12.3. The van der Waals surface area contributed by atoms with Crippen LogP contribution in [0.5, 0.6) is 0 Å². The average Bonchev–Trinajstić information content (AvgIpc) is 3.17. The molecule has 3 nitrogen and oxygen atoms in total. The fourth-order valence-electron chi connectivity index (χ4n) is 3.75. The van der Waals surface area contributed by atoms with Crippen LogP contribution in [-0.4, -0.2) is 26.0 Å². The van der Waals surface area contributed by atoms with Crippen LogP contribution in [0.4, 0.5) is 0 Å². The van der Waals surface area contributed by atoms with E-state index < -0.39 is 14.6 Å². The van der Waals surface area contributed by atoms with Crippen molar-refractivity contribution in [2.45, 2.75) is 56.2 Å². The van der Waals surface area contributed by atoms with Crippen LogP contribution in [0.2, 0.25) is 0 Å². The SMILES string of the molecule is Cc1ccc(C(NCC2(S(C)(=O)=O)CCCC2)C2CC2)cc1. The highest BCUT2D eigenvalue weighted by Gasteiger charge is 2.44. The smallest absolute Gasteiger partial charge is 0.154 e. The quantitative estimate of drug-likeness (QED) is 0.873. The standard InChI is InChI=1S/C18H27NO2S/c1-14-5-7-15(8-6-14)17(16-9-10-16)19-13-18(22(2,20)21)11-3-4-12-18/h5-8,16-17,19H,3-4,9-13H2,1-2H3. The van der Waals surface area contributed by atoms with Gasteiger partial charge in [0.25, 0.3) is 0 Å². The van der Waals surface area contributed by atoms with Gasteiger partial charge in [-0.2, -0.15) is 0 Å². The molecule has 0 bridgehead atoms. The highest BCUT2D eigenvalue weighted by atomic mass is 32.2. The van der Waals surface area contributed by atoms with Crippen molar-refractivity contribution in [2.75, 3.05) is 12.8 Å². The van der Waals surface area contributed by atoms with E-state index in [-0.39, 0.29) is 0 Å². The fraction of sp³-hybridized carbons (Fsp3) is 0.667. The van der Waals surface area contributed by atoms with Crippen LogP contribution < -0.4 is 5.32 Å². The van der Waals surface area contributed by atoms with Gasteiger partial charge in [-0.15, -0.1) is 0 Å². The molecule has 1 aromatic carbocycles. The molecule has 2 saturated carbocycles.